The Morgan fingerprint density at radius 2 is 2.00 bits per heavy atom. The number of carbonyl (C=O) groups excluding carboxylic acids is 1. The van der Waals surface area contributed by atoms with E-state index in [1.807, 2.05) is 55.6 Å². The molecule has 0 fully saturated rings. The quantitative estimate of drug-likeness (QED) is 0.673. The van der Waals surface area contributed by atoms with E-state index >= 15 is 0 Å². The van der Waals surface area contributed by atoms with Crippen molar-refractivity contribution in [2.24, 2.45) is 0 Å². The summed E-state index contributed by atoms with van der Waals surface area (Å²) in [6, 6.07) is 13.5. The zero-order valence-corrected chi connectivity index (χ0v) is 16.8. The Kier molecular flexibility index (Phi) is 6.37. The summed E-state index contributed by atoms with van der Waals surface area (Å²) in [6.07, 6.45) is 5.02. The van der Waals surface area contributed by atoms with Crippen molar-refractivity contribution in [3.05, 3.63) is 82.3 Å². The minimum absolute atomic E-state index is 0.534. The van der Waals surface area contributed by atoms with Gasteiger partial charge >= 0.3 is 5.97 Å². The third-order valence-electron chi connectivity index (χ3n) is 4.98. The zero-order chi connectivity index (χ0) is 20.1. The first-order valence-corrected chi connectivity index (χ1v) is 10.1. The van der Waals surface area contributed by atoms with Crippen molar-refractivity contribution < 1.29 is 14.7 Å². The summed E-state index contributed by atoms with van der Waals surface area (Å²) in [6.45, 7) is 2.27. The fraction of sp³-hybridized carbons (Fsp3) is 0.217. The summed E-state index contributed by atoms with van der Waals surface area (Å²) in [4.78, 5) is 25.1. The van der Waals surface area contributed by atoms with Crippen LogP contribution in [0.4, 0.5) is 5.69 Å². The van der Waals surface area contributed by atoms with Crippen LogP contribution in [0.25, 0.3) is 5.57 Å². The molecule has 0 saturated heterocycles. The highest BCUT2D eigenvalue weighted by molar-refractivity contribution is 8.02. The fourth-order valence-electron chi connectivity index (χ4n) is 3.24. The van der Waals surface area contributed by atoms with Gasteiger partial charge in [-0.15, -0.1) is 11.8 Å². The summed E-state index contributed by atoms with van der Waals surface area (Å²) < 4.78 is 0. The van der Waals surface area contributed by atoms with Crippen LogP contribution >= 0.6 is 11.8 Å². The number of allylic oxidation sites excluding steroid dienone is 2. The molecule has 144 valence electrons. The predicted molar refractivity (Wildman–Crippen MR) is 116 cm³/mol. The first-order valence-electron chi connectivity index (χ1n) is 9.10. The van der Waals surface area contributed by atoms with E-state index in [1.165, 1.54) is 0 Å². The lowest BCUT2D eigenvalue weighted by atomic mass is 9.96. The van der Waals surface area contributed by atoms with Crippen molar-refractivity contribution in [1.29, 1.82) is 0 Å². The van der Waals surface area contributed by atoms with Crippen molar-refractivity contribution in [3.8, 4) is 0 Å². The van der Waals surface area contributed by atoms with Crippen molar-refractivity contribution in [2.45, 2.75) is 19.4 Å². The molecule has 2 aromatic rings. The number of nitrogens with zero attached hydrogens (tertiary/aromatic N) is 1. The van der Waals surface area contributed by atoms with Gasteiger partial charge in [-0.05, 0) is 46.7 Å². The molecule has 1 atom stereocenters. The molecule has 0 bridgehead atoms. The number of thioether (sulfide) groups is 1. The van der Waals surface area contributed by atoms with Gasteiger partial charge in [0.1, 0.15) is 0 Å². The van der Waals surface area contributed by atoms with Crippen LogP contribution in [-0.4, -0.2) is 30.2 Å². The van der Waals surface area contributed by atoms with Gasteiger partial charge in [-0.25, -0.2) is 0 Å². The van der Waals surface area contributed by atoms with E-state index in [1.54, 1.807) is 18.7 Å². The van der Waals surface area contributed by atoms with Gasteiger partial charge in [-0.1, -0.05) is 42.5 Å². The summed E-state index contributed by atoms with van der Waals surface area (Å²) in [7, 11) is 1.97. The molecule has 28 heavy (non-hydrogen) atoms. The molecule has 4 nitrogen and oxygen atoms in total. The third-order valence-corrected chi connectivity index (χ3v) is 5.81. The molecule has 0 saturated carbocycles. The predicted octanol–water partition coefficient (Wildman–Crippen LogP) is 4.97. The van der Waals surface area contributed by atoms with Gasteiger partial charge < -0.3 is 10.0 Å². The molecule has 5 heteroatoms. The number of hydrogen-bond acceptors (Lipinski definition) is 4. The van der Waals surface area contributed by atoms with E-state index in [9.17, 15) is 9.59 Å². The number of carboxylic acids is 1. The Morgan fingerprint density at radius 1 is 1.25 bits per heavy atom. The smallest absolute Gasteiger partial charge is 0.310 e. The first kappa shape index (κ1) is 20.0. The minimum atomic E-state index is -0.835. The number of benzene rings is 2. The van der Waals surface area contributed by atoms with Crippen LogP contribution in [-0.2, 0) is 11.3 Å². The molecule has 1 N–H and O–H groups in total. The molecule has 1 aliphatic heterocycles. The molecule has 3 rings (SSSR count). The SMILES string of the molecule is CC(C(=O)O)c1ccc(N(C)Cc2cccc(C3=CC=CSC3)c2C=O)cc1. The van der Waals surface area contributed by atoms with E-state index in [0.717, 1.165) is 45.6 Å². The van der Waals surface area contributed by atoms with E-state index < -0.39 is 11.9 Å². The Morgan fingerprint density at radius 3 is 2.61 bits per heavy atom. The van der Waals surface area contributed by atoms with Gasteiger partial charge in [-0.3, -0.25) is 9.59 Å². The average Bonchev–Trinajstić information content (AvgIpc) is 2.73. The van der Waals surface area contributed by atoms with Crippen molar-refractivity contribution in [1.82, 2.24) is 0 Å². The number of anilines is 1. The summed E-state index contributed by atoms with van der Waals surface area (Å²) in [5.41, 5.74) is 5.59. The van der Waals surface area contributed by atoms with E-state index in [4.69, 9.17) is 5.11 Å². The van der Waals surface area contributed by atoms with Crippen molar-refractivity contribution >= 4 is 35.3 Å². The van der Waals surface area contributed by atoms with Crippen molar-refractivity contribution in [3.63, 3.8) is 0 Å². The standard InChI is InChI=1S/C23H23NO3S/c1-16(23(26)27)17-8-10-20(11-9-17)24(2)13-18-5-3-7-21(22(18)14-25)19-6-4-12-28-15-19/h3-12,14,16H,13,15H2,1-2H3,(H,26,27). The lowest BCUT2D eigenvalue weighted by Crippen LogP contribution is -2.18. The van der Waals surface area contributed by atoms with Crippen LogP contribution in [0.3, 0.4) is 0 Å². The maximum Gasteiger partial charge on any atom is 0.310 e. The molecule has 1 heterocycles. The minimum Gasteiger partial charge on any atom is -0.481 e. The Balaban J connectivity index is 1.83. The third kappa shape index (κ3) is 4.37. The molecule has 0 aromatic heterocycles. The Bertz CT molecular complexity index is 931. The largest absolute Gasteiger partial charge is 0.481 e. The number of aliphatic carboxylic acids is 1. The number of carbonyl (C=O) groups is 2. The lowest BCUT2D eigenvalue weighted by molar-refractivity contribution is -0.138. The molecular formula is C23H23NO3S. The number of carboxylic acid groups (broad SMARTS) is 1. The molecule has 0 amide bonds. The van der Waals surface area contributed by atoms with Gasteiger partial charge in [0.25, 0.3) is 0 Å². The number of hydrogen-bond donors (Lipinski definition) is 1. The lowest BCUT2D eigenvalue weighted by Gasteiger charge is -2.22. The highest BCUT2D eigenvalue weighted by atomic mass is 32.2. The van der Waals surface area contributed by atoms with E-state index in [2.05, 4.69) is 16.4 Å². The highest BCUT2D eigenvalue weighted by Gasteiger charge is 2.16. The normalized spacial score (nSPS) is 14.3. The fourth-order valence-corrected chi connectivity index (χ4v) is 3.96. The van der Waals surface area contributed by atoms with Gasteiger partial charge in [0.15, 0.2) is 6.29 Å². The average molecular weight is 394 g/mol. The summed E-state index contributed by atoms with van der Waals surface area (Å²) >= 11 is 1.72. The topological polar surface area (TPSA) is 57.6 Å². The highest BCUT2D eigenvalue weighted by Crippen LogP contribution is 2.29. The van der Waals surface area contributed by atoms with Gasteiger partial charge in [0.05, 0.1) is 5.92 Å². The van der Waals surface area contributed by atoms with Gasteiger partial charge in [0.2, 0.25) is 0 Å². The van der Waals surface area contributed by atoms with E-state index in [-0.39, 0.29) is 0 Å². The Labute approximate surface area is 169 Å². The van der Waals surface area contributed by atoms with Crippen LogP contribution in [0.2, 0.25) is 0 Å². The zero-order valence-electron chi connectivity index (χ0n) is 16.0. The van der Waals surface area contributed by atoms with Crippen molar-refractivity contribution in [2.75, 3.05) is 17.7 Å². The maximum atomic E-state index is 11.9. The molecule has 2 aromatic carbocycles. The van der Waals surface area contributed by atoms with Crippen LogP contribution in [0.5, 0.6) is 0 Å². The molecule has 1 aliphatic rings. The Hall–Kier alpha value is -2.79. The number of rotatable bonds is 7. The van der Waals surface area contributed by atoms with Crippen LogP contribution < -0.4 is 4.90 Å². The number of aldehydes is 1. The molecule has 0 aliphatic carbocycles. The van der Waals surface area contributed by atoms with E-state index in [0.29, 0.717) is 6.54 Å². The first-order chi connectivity index (χ1) is 13.5. The maximum absolute atomic E-state index is 11.9. The van der Waals surface area contributed by atoms with Crippen LogP contribution in [0.15, 0.2) is 60.0 Å². The molecular weight excluding hydrogens is 370 g/mol. The van der Waals surface area contributed by atoms with Crippen LogP contribution in [0.1, 0.15) is 39.9 Å². The van der Waals surface area contributed by atoms with Gasteiger partial charge in [-0.2, -0.15) is 0 Å². The van der Waals surface area contributed by atoms with Crippen LogP contribution in [0, 0.1) is 0 Å². The van der Waals surface area contributed by atoms with Gasteiger partial charge in [0, 0.05) is 30.6 Å². The molecule has 0 spiro atoms. The molecule has 0 radical (unpaired) electrons. The second-order valence-electron chi connectivity index (χ2n) is 6.84. The summed E-state index contributed by atoms with van der Waals surface area (Å²) in [5.74, 6) is -0.508. The second-order valence-corrected chi connectivity index (χ2v) is 7.73. The summed E-state index contributed by atoms with van der Waals surface area (Å²) in [5, 5.41) is 11.2. The second kappa shape index (κ2) is 8.93. The molecule has 1 unspecified atom stereocenters. The monoisotopic (exact) mass is 393 g/mol.